The Balaban J connectivity index is 1.74. The molecule has 0 radical (unpaired) electrons. The molecule has 154 valence electrons. The van der Waals surface area contributed by atoms with Crippen molar-refractivity contribution in [3.63, 3.8) is 0 Å². The van der Waals surface area contributed by atoms with Gasteiger partial charge in [0, 0.05) is 24.4 Å². The maximum absolute atomic E-state index is 13.1. The van der Waals surface area contributed by atoms with E-state index in [-0.39, 0.29) is 24.5 Å². The lowest BCUT2D eigenvalue weighted by molar-refractivity contribution is -0.117. The van der Waals surface area contributed by atoms with Crippen LogP contribution in [0.4, 0.5) is 5.69 Å². The minimum absolute atomic E-state index is 0.0297. The summed E-state index contributed by atoms with van der Waals surface area (Å²) in [5.41, 5.74) is 3.41. The molecule has 6 nitrogen and oxygen atoms in total. The Morgan fingerprint density at radius 1 is 1.17 bits per heavy atom. The van der Waals surface area contributed by atoms with E-state index >= 15 is 0 Å². The van der Waals surface area contributed by atoms with E-state index < -0.39 is 0 Å². The highest BCUT2D eigenvalue weighted by Crippen LogP contribution is 2.19. The SMILES string of the molecule is COc1ccc(C(=O)N(CC(=O)Nc2cccc(C)c2C)C[C@@H]2CCCO2)cc1. The van der Waals surface area contributed by atoms with Gasteiger partial charge < -0.3 is 19.7 Å². The summed E-state index contributed by atoms with van der Waals surface area (Å²) in [7, 11) is 1.58. The van der Waals surface area contributed by atoms with Crippen LogP contribution in [-0.2, 0) is 9.53 Å². The van der Waals surface area contributed by atoms with Crippen molar-refractivity contribution in [2.75, 3.05) is 32.1 Å². The summed E-state index contributed by atoms with van der Waals surface area (Å²) in [6, 6.07) is 12.7. The Morgan fingerprint density at radius 3 is 2.59 bits per heavy atom. The normalized spacial score (nSPS) is 15.8. The van der Waals surface area contributed by atoms with E-state index in [1.54, 1.807) is 36.3 Å². The van der Waals surface area contributed by atoms with Gasteiger partial charge in [-0.2, -0.15) is 0 Å². The van der Waals surface area contributed by atoms with Crippen LogP contribution in [0.5, 0.6) is 5.75 Å². The first-order chi connectivity index (χ1) is 14.0. The third-order valence-electron chi connectivity index (χ3n) is 5.29. The molecule has 3 rings (SSSR count). The fourth-order valence-corrected chi connectivity index (χ4v) is 3.42. The van der Waals surface area contributed by atoms with Crippen molar-refractivity contribution in [1.82, 2.24) is 4.90 Å². The molecular weight excluding hydrogens is 368 g/mol. The van der Waals surface area contributed by atoms with Crippen LogP contribution in [0.15, 0.2) is 42.5 Å². The van der Waals surface area contributed by atoms with E-state index in [9.17, 15) is 9.59 Å². The van der Waals surface area contributed by atoms with Crippen molar-refractivity contribution in [1.29, 1.82) is 0 Å². The molecule has 0 unspecified atom stereocenters. The number of nitrogens with zero attached hydrogens (tertiary/aromatic N) is 1. The zero-order valence-electron chi connectivity index (χ0n) is 17.2. The van der Waals surface area contributed by atoms with Crippen LogP contribution < -0.4 is 10.1 Å². The van der Waals surface area contributed by atoms with Gasteiger partial charge in [0.1, 0.15) is 12.3 Å². The van der Waals surface area contributed by atoms with Crippen molar-refractivity contribution < 1.29 is 19.1 Å². The van der Waals surface area contributed by atoms with Gasteiger partial charge in [0.2, 0.25) is 5.91 Å². The summed E-state index contributed by atoms with van der Waals surface area (Å²) in [4.78, 5) is 27.4. The predicted molar refractivity (Wildman–Crippen MR) is 112 cm³/mol. The standard InChI is InChI=1S/C23H28N2O4/c1-16-6-4-8-21(17(16)2)24-22(26)15-25(14-20-7-5-13-29-20)23(27)18-9-11-19(28-3)12-10-18/h4,6,8-12,20H,5,7,13-15H2,1-3H3,(H,24,26)/t20-/m0/s1. The Hall–Kier alpha value is -2.86. The number of nitrogens with one attached hydrogen (secondary N) is 1. The maximum Gasteiger partial charge on any atom is 0.254 e. The lowest BCUT2D eigenvalue weighted by Crippen LogP contribution is -2.42. The number of hydrogen-bond donors (Lipinski definition) is 1. The van der Waals surface area contributed by atoms with Crippen LogP contribution in [0, 0.1) is 13.8 Å². The molecule has 1 N–H and O–H groups in total. The molecule has 0 aliphatic carbocycles. The van der Waals surface area contributed by atoms with E-state index in [0.717, 1.165) is 29.7 Å². The highest BCUT2D eigenvalue weighted by molar-refractivity contribution is 5.99. The summed E-state index contributed by atoms with van der Waals surface area (Å²) in [6.07, 6.45) is 1.83. The smallest absolute Gasteiger partial charge is 0.254 e. The molecule has 2 aromatic carbocycles. The number of carbonyl (C=O) groups is 2. The lowest BCUT2D eigenvalue weighted by Gasteiger charge is -2.25. The van der Waals surface area contributed by atoms with Crippen LogP contribution >= 0.6 is 0 Å². The molecule has 1 aliphatic rings. The number of amides is 2. The van der Waals surface area contributed by atoms with Crippen LogP contribution in [-0.4, -0.2) is 49.6 Å². The van der Waals surface area contributed by atoms with Crippen molar-refractivity contribution in [3.8, 4) is 5.75 Å². The largest absolute Gasteiger partial charge is 0.497 e. The fraction of sp³-hybridized carbons (Fsp3) is 0.391. The minimum Gasteiger partial charge on any atom is -0.497 e. The molecule has 1 fully saturated rings. The first kappa shape index (κ1) is 20.9. The third-order valence-corrected chi connectivity index (χ3v) is 5.29. The number of benzene rings is 2. The Morgan fingerprint density at radius 2 is 1.93 bits per heavy atom. The average Bonchev–Trinajstić information content (AvgIpc) is 3.23. The zero-order valence-corrected chi connectivity index (χ0v) is 17.2. The van der Waals surface area contributed by atoms with Crippen molar-refractivity contribution in [2.24, 2.45) is 0 Å². The Kier molecular flexibility index (Phi) is 6.88. The van der Waals surface area contributed by atoms with Gasteiger partial charge in [-0.3, -0.25) is 9.59 Å². The topological polar surface area (TPSA) is 67.9 Å². The second kappa shape index (κ2) is 9.56. The third kappa shape index (κ3) is 5.35. The molecule has 1 aliphatic heterocycles. The first-order valence-electron chi connectivity index (χ1n) is 9.89. The van der Waals surface area contributed by atoms with Crippen molar-refractivity contribution >= 4 is 17.5 Å². The molecule has 1 heterocycles. The van der Waals surface area contributed by atoms with E-state index in [0.29, 0.717) is 24.5 Å². The van der Waals surface area contributed by atoms with Crippen molar-refractivity contribution in [3.05, 3.63) is 59.2 Å². The Bertz CT molecular complexity index is 858. The summed E-state index contributed by atoms with van der Waals surface area (Å²) >= 11 is 0. The monoisotopic (exact) mass is 396 g/mol. The summed E-state index contributed by atoms with van der Waals surface area (Å²) in [5.74, 6) is 0.262. The van der Waals surface area contributed by atoms with Gasteiger partial charge >= 0.3 is 0 Å². The number of methoxy groups -OCH3 is 1. The van der Waals surface area contributed by atoms with E-state index in [1.165, 1.54) is 0 Å². The number of carbonyl (C=O) groups excluding carboxylic acids is 2. The molecule has 1 atom stereocenters. The van der Waals surface area contributed by atoms with Gasteiger partial charge in [0.05, 0.1) is 13.2 Å². The molecule has 0 bridgehead atoms. The van der Waals surface area contributed by atoms with Gasteiger partial charge in [0.15, 0.2) is 0 Å². The van der Waals surface area contributed by atoms with Crippen LogP contribution in [0.2, 0.25) is 0 Å². The molecule has 0 spiro atoms. The zero-order chi connectivity index (χ0) is 20.8. The molecular formula is C23H28N2O4. The number of anilines is 1. The van der Waals surface area contributed by atoms with E-state index in [1.807, 2.05) is 32.0 Å². The fourth-order valence-electron chi connectivity index (χ4n) is 3.42. The van der Waals surface area contributed by atoms with Crippen LogP contribution in [0.3, 0.4) is 0 Å². The van der Waals surface area contributed by atoms with Crippen LogP contribution in [0.1, 0.15) is 34.3 Å². The minimum atomic E-state index is -0.224. The Labute approximate surface area is 171 Å². The quantitative estimate of drug-likeness (QED) is 0.777. The van der Waals surface area contributed by atoms with Gasteiger partial charge in [-0.15, -0.1) is 0 Å². The van der Waals surface area contributed by atoms with E-state index in [4.69, 9.17) is 9.47 Å². The predicted octanol–water partition coefficient (Wildman–Crippen LogP) is 3.57. The number of hydrogen-bond acceptors (Lipinski definition) is 4. The number of aryl methyl sites for hydroxylation is 1. The maximum atomic E-state index is 13.1. The molecule has 29 heavy (non-hydrogen) atoms. The second-order valence-electron chi connectivity index (χ2n) is 7.34. The van der Waals surface area contributed by atoms with E-state index in [2.05, 4.69) is 5.32 Å². The summed E-state index contributed by atoms with van der Waals surface area (Å²) in [6.45, 7) is 5.03. The summed E-state index contributed by atoms with van der Waals surface area (Å²) < 4.78 is 10.9. The molecule has 0 aromatic heterocycles. The molecule has 0 saturated carbocycles. The van der Waals surface area contributed by atoms with Gasteiger partial charge in [-0.1, -0.05) is 12.1 Å². The molecule has 1 saturated heterocycles. The van der Waals surface area contributed by atoms with Gasteiger partial charge in [-0.25, -0.2) is 0 Å². The molecule has 6 heteroatoms. The summed E-state index contributed by atoms with van der Waals surface area (Å²) in [5, 5.41) is 2.94. The lowest BCUT2D eigenvalue weighted by atomic mass is 10.1. The van der Waals surface area contributed by atoms with Crippen molar-refractivity contribution in [2.45, 2.75) is 32.8 Å². The van der Waals surface area contributed by atoms with Gasteiger partial charge in [0.25, 0.3) is 5.91 Å². The highest BCUT2D eigenvalue weighted by Gasteiger charge is 2.25. The second-order valence-corrected chi connectivity index (χ2v) is 7.34. The van der Waals surface area contributed by atoms with Crippen LogP contribution in [0.25, 0.3) is 0 Å². The highest BCUT2D eigenvalue weighted by atomic mass is 16.5. The molecule has 2 aromatic rings. The average molecular weight is 396 g/mol. The van der Waals surface area contributed by atoms with Gasteiger partial charge in [-0.05, 0) is 68.1 Å². The first-order valence-corrected chi connectivity index (χ1v) is 9.89. The number of rotatable bonds is 7. The molecule has 2 amide bonds. The number of ether oxygens (including phenoxy) is 2.